The summed E-state index contributed by atoms with van der Waals surface area (Å²) in [5.41, 5.74) is 2.09. The summed E-state index contributed by atoms with van der Waals surface area (Å²) in [6, 6.07) is 9.97. The third-order valence-corrected chi connectivity index (χ3v) is 5.01. The van der Waals surface area contributed by atoms with Gasteiger partial charge >= 0.3 is 6.03 Å². The second-order valence-electron chi connectivity index (χ2n) is 6.30. The number of thioether (sulfide) groups is 1. The summed E-state index contributed by atoms with van der Waals surface area (Å²) >= 11 is 1.20. The minimum atomic E-state index is -0.622. The maximum Gasteiger partial charge on any atom is 0.325 e. The van der Waals surface area contributed by atoms with Crippen molar-refractivity contribution in [3.05, 3.63) is 36.4 Å². The van der Waals surface area contributed by atoms with Gasteiger partial charge in [0.1, 0.15) is 19.0 Å². The number of aromatic amines is 1. The number of H-pyrrole nitrogens is 1. The molecule has 0 spiro atoms. The molecule has 0 fully saturated rings. The minimum Gasteiger partial charge on any atom is -0.494 e. The molecule has 2 heterocycles. The SMILES string of the molecule is CCOc1ccc2nc(SCC(=O)NC(=O)Nc3ccc4c(c3)OCCO4)[nH]c2c1. The predicted molar refractivity (Wildman–Crippen MR) is 113 cm³/mol. The molecule has 0 unspecified atom stereocenters. The standard InChI is InChI=1S/C20H20N4O5S/c1-2-27-13-4-5-14-15(10-13)23-20(22-14)30-11-18(25)24-19(26)21-12-3-6-16-17(9-12)29-8-7-28-16/h3-6,9-10H,2,7-8,11H2,1H3,(H,22,23)(H2,21,24,25,26). The number of amides is 3. The molecule has 156 valence electrons. The number of nitrogens with one attached hydrogen (secondary N) is 3. The van der Waals surface area contributed by atoms with Crippen molar-refractivity contribution in [3.63, 3.8) is 0 Å². The summed E-state index contributed by atoms with van der Waals surface area (Å²) in [7, 11) is 0. The van der Waals surface area contributed by atoms with E-state index in [4.69, 9.17) is 14.2 Å². The molecule has 1 aliphatic rings. The number of aromatic nitrogens is 2. The molecule has 0 atom stereocenters. The molecule has 3 aromatic rings. The zero-order valence-corrected chi connectivity index (χ0v) is 17.0. The third kappa shape index (κ3) is 4.77. The number of hydrogen-bond acceptors (Lipinski definition) is 7. The topological polar surface area (TPSA) is 115 Å². The molecule has 0 bridgehead atoms. The summed E-state index contributed by atoms with van der Waals surface area (Å²) in [6.45, 7) is 3.44. The smallest absolute Gasteiger partial charge is 0.325 e. The molecule has 30 heavy (non-hydrogen) atoms. The lowest BCUT2D eigenvalue weighted by Gasteiger charge is -2.19. The van der Waals surface area contributed by atoms with Crippen LogP contribution in [0.25, 0.3) is 11.0 Å². The van der Waals surface area contributed by atoms with Crippen molar-refractivity contribution in [1.29, 1.82) is 0 Å². The predicted octanol–water partition coefficient (Wildman–Crippen LogP) is 3.17. The molecule has 3 amide bonds. The highest BCUT2D eigenvalue weighted by atomic mass is 32.2. The van der Waals surface area contributed by atoms with E-state index in [1.54, 1.807) is 18.2 Å². The number of hydrogen-bond donors (Lipinski definition) is 3. The Bertz CT molecular complexity index is 1080. The van der Waals surface area contributed by atoms with Gasteiger partial charge in [-0.1, -0.05) is 11.8 Å². The van der Waals surface area contributed by atoms with Gasteiger partial charge in [-0.25, -0.2) is 9.78 Å². The Morgan fingerprint density at radius 2 is 2.00 bits per heavy atom. The second-order valence-corrected chi connectivity index (χ2v) is 7.27. The number of nitrogens with zero attached hydrogens (tertiary/aromatic N) is 1. The molecular formula is C20H20N4O5S. The van der Waals surface area contributed by atoms with Crippen LogP contribution < -0.4 is 24.8 Å². The van der Waals surface area contributed by atoms with E-state index >= 15 is 0 Å². The first kappa shape index (κ1) is 19.9. The number of benzene rings is 2. The average molecular weight is 428 g/mol. The Morgan fingerprint density at radius 1 is 1.17 bits per heavy atom. The van der Waals surface area contributed by atoms with Crippen LogP contribution in [0.4, 0.5) is 10.5 Å². The minimum absolute atomic E-state index is 0.0344. The summed E-state index contributed by atoms with van der Waals surface area (Å²) in [6.07, 6.45) is 0. The molecule has 1 aromatic heterocycles. The third-order valence-electron chi connectivity index (χ3n) is 4.14. The molecule has 1 aliphatic heterocycles. The lowest BCUT2D eigenvalue weighted by atomic mass is 10.2. The fraction of sp³-hybridized carbons (Fsp3) is 0.250. The van der Waals surface area contributed by atoms with Crippen LogP contribution in [0.5, 0.6) is 17.2 Å². The van der Waals surface area contributed by atoms with Gasteiger partial charge in [-0.05, 0) is 31.2 Å². The molecule has 3 N–H and O–H groups in total. The van der Waals surface area contributed by atoms with Gasteiger partial charge in [-0.15, -0.1) is 0 Å². The number of fused-ring (bicyclic) bond motifs is 2. The number of urea groups is 1. The van der Waals surface area contributed by atoms with E-state index in [1.165, 1.54) is 11.8 Å². The van der Waals surface area contributed by atoms with Gasteiger partial charge in [-0.2, -0.15) is 0 Å². The first-order valence-electron chi connectivity index (χ1n) is 9.36. The monoisotopic (exact) mass is 428 g/mol. The number of carbonyl (C=O) groups is 2. The van der Waals surface area contributed by atoms with Crippen LogP contribution in [0.15, 0.2) is 41.6 Å². The number of anilines is 1. The number of ether oxygens (including phenoxy) is 3. The van der Waals surface area contributed by atoms with Gasteiger partial charge in [0.25, 0.3) is 0 Å². The van der Waals surface area contributed by atoms with Gasteiger partial charge in [0, 0.05) is 17.8 Å². The lowest BCUT2D eigenvalue weighted by molar-refractivity contribution is -0.117. The number of carbonyl (C=O) groups excluding carboxylic acids is 2. The largest absolute Gasteiger partial charge is 0.494 e. The summed E-state index contributed by atoms with van der Waals surface area (Å²) in [4.78, 5) is 31.7. The Hall–Kier alpha value is -3.40. The molecule has 0 saturated heterocycles. The van der Waals surface area contributed by atoms with E-state index in [9.17, 15) is 9.59 Å². The zero-order valence-electron chi connectivity index (χ0n) is 16.2. The highest BCUT2D eigenvalue weighted by Gasteiger charge is 2.14. The van der Waals surface area contributed by atoms with Gasteiger partial charge < -0.3 is 24.5 Å². The van der Waals surface area contributed by atoms with Crippen LogP contribution in [-0.4, -0.2) is 47.5 Å². The first-order chi connectivity index (χ1) is 14.6. The van der Waals surface area contributed by atoms with Crippen molar-refractivity contribution in [2.45, 2.75) is 12.1 Å². The quantitative estimate of drug-likeness (QED) is 0.517. The Labute approximate surface area is 176 Å². The van der Waals surface area contributed by atoms with Gasteiger partial charge in [0.05, 0.1) is 23.4 Å². The highest BCUT2D eigenvalue weighted by Crippen LogP contribution is 2.32. The Kier molecular flexibility index (Phi) is 5.94. The molecule has 4 rings (SSSR count). The van der Waals surface area contributed by atoms with Crippen molar-refractivity contribution >= 4 is 40.4 Å². The lowest BCUT2D eigenvalue weighted by Crippen LogP contribution is -2.35. The fourth-order valence-corrected chi connectivity index (χ4v) is 3.56. The normalized spacial score (nSPS) is 12.4. The maximum absolute atomic E-state index is 12.1. The summed E-state index contributed by atoms with van der Waals surface area (Å²) in [5.74, 6) is 1.52. The Balaban J connectivity index is 1.29. The fourth-order valence-electron chi connectivity index (χ4n) is 2.87. The summed E-state index contributed by atoms with van der Waals surface area (Å²) in [5, 5.41) is 5.49. The van der Waals surface area contributed by atoms with Crippen LogP contribution in [0.2, 0.25) is 0 Å². The molecule has 0 radical (unpaired) electrons. The van der Waals surface area contributed by atoms with Crippen LogP contribution >= 0.6 is 11.8 Å². The van der Waals surface area contributed by atoms with E-state index < -0.39 is 11.9 Å². The van der Waals surface area contributed by atoms with Crippen molar-refractivity contribution in [2.24, 2.45) is 0 Å². The van der Waals surface area contributed by atoms with Crippen molar-refractivity contribution in [3.8, 4) is 17.2 Å². The molecule has 9 nitrogen and oxygen atoms in total. The molecule has 10 heteroatoms. The number of imidazole rings is 1. The van der Waals surface area contributed by atoms with E-state index in [-0.39, 0.29) is 5.75 Å². The van der Waals surface area contributed by atoms with Crippen LogP contribution in [-0.2, 0) is 4.79 Å². The van der Waals surface area contributed by atoms with Crippen LogP contribution in [0, 0.1) is 0 Å². The van der Waals surface area contributed by atoms with E-state index in [2.05, 4.69) is 20.6 Å². The van der Waals surface area contributed by atoms with E-state index in [0.717, 1.165) is 16.8 Å². The van der Waals surface area contributed by atoms with Gasteiger partial charge in [-0.3, -0.25) is 10.1 Å². The molecule has 0 saturated carbocycles. The molecule has 2 aromatic carbocycles. The van der Waals surface area contributed by atoms with Gasteiger partial charge in [0.2, 0.25) is 5.91 Å². The van der Waals surface area contributed by atoms with E-state index in [1.807, 2.05) is 25.1 Å². The Morgan fingerprint density at radius 3 is 2.83 bits per heavy atom. The maximum atomic E-state index is 12.1. The van der Waals surface area contributed by atoms with Gasteiger partial charge in [0.15, 0.2) is 16.7 Å². The second kappa shape index (κ2) is 8.95. The highest BCUT2D eigenvalue weighted by molar-refractivity contribution is 7.99. The van der Waals surface area contributed by atoms with Crippen LogP contribution in [0.1, 0.15) is 6.92 Å². The van der Waals surface area contributed by atoms with Crippen LogP contribution in [0.3, 0.4) is 0 Å². The number of rotatable bonds is 6. The summed E-state index contributed by atoms with van der Waals surface area (Å²) < 4.78 is 16.4. The first-order valence-corrected chi connectivity index (χ1v) is 10.3. The zero-order chi connectivity index (χ0) is 20.9. The molecule has 0 aliphatic carbocycles. The molecular weight excluding hydrogens is 408 g/mol. The number of imide groups is 1. The van der Waals surface area contributed by atoms with Crippen molar-refractivity contribution in [1.82, 2.24) is 15.3 Å². The van der Waals surface area contributed by atoms with E-state index in [0.29, 0.717) is 42.2 Å². The van der Waals surface area contributed by atoms with Crippen molar-refractivity contribution in [2.75, 3.05) is 30.9 Å². The van der Waals surface area contributed by atoms with Crippen molar-refractivity contribution < 1.29 is 23.8 Å². The average Bonchev–Trinajstić information content (AvgIpc) is 3.14.